The van der Waals surface area contributed by atoms with E-state index in [-0.39, 0.29) is 0 Å². The summed E-state index contributed by atoms with van der Waals surface area (Å²) < 4.78 is 5.71. The van der Waals surface area contributed by atoms with Crippen molar-refractivity contribution >= 4 is 15.9 Å². The third-order valence-corrected chi connectivity index (χ3v) is 4.81. The van der Waals surface area contributed by atoms with Crippen molar-refractivity contribution in [2.24, 2.45) is 5.92 Å². The molecule has 3 atom stereocenters. The molecule has 1 aromatic rings. The van der Waals surface area contributed by atoms with Gasteiger partial charge in [-0.3, -0.25) is 0 Å². The zero-order chi connectivity index (χ0) is 11.7. The first-order valence-corrected chi connectivity index (χ1v) is 6.97. The van der Waals surface area contributed by atoms with E-state index in [4.69, 9.17) is 4.74 Å². The Balaban J connectivity index is 2.22. The van der Waals surface area contributed by atoms with Crippen LogP contribution in [-0.4, -0.2) is 6.10 Å². The Bertz CT molecular complexity index is 375. The van der Waals surface area contributed by atoms with Gasteiger partial charge in [0.1, 0.15) is 11.9 Å². The monoisotopic (exact) mass is 282 g/mol. The zero-order valence-electron chi connectivity index (χ0n) is 10.2. The van der Waals surface area contributed by atoms with E-state index in [1.165, 1.54) is 17.5 Å². The molecule has 2 rings (SSSR count). The number of alkyl halides is 1. The van der Waals surface area contributed by atoms with Gasteiger partial charge < -0.3 is 4.74 Å². The Morgan fingerprint density at radius 2 is 2.25 bits per heavy atom. The summed E-state index contributed by atoms with van der Waals surface area (Å²) in [6.07, 6.45) is 2.58. The standard InChI is InChI=1S/C14H19BrO/c1-4-9(2)14(15)11-5-6-13-12(8-11)7-10(3)16-13/h5-6,8-10,14H,4,7H2,1-3H3. The predicted octanol–water partition coefficient (Wildman–Crippen LogP) is 4.49. The summed E-state index contributed by atoms with van der Waals surface area (Å²) in [5.74, 6) is 1.73. The smallest absolute Gasteiger partial charge is 0.123 e. The van der Waals surface area contributed by atoms with Gasteiger partial charge in [0, 0.05) is 11.2 Å². The van der Waals surface area contributed by atoms with Crippen LogP contribution in [0, 0.1) is 5.92 Å². The van der Waals surface area contributed by atoms with Gasteiger partial charge >= 0.3 is 0 Å². The van der Waals surface area contributed by atoms with Crippen molar-refractivity contribution in [3.05, 3.63) is 29.3 Å². The van der Waals surface area contributed by atoms with E-state index < -0.39 is 0 Å². The van der Waals surface area contributed by atoms with Crippen LogP contribution < -0.4 is 4.74 Å². The first-order chi connectivity index (χ1) is 7.61. The van der Waals surface area contributed by atoms with Crippen LogP contribution in [0.15, 0.2) is 18.2 Å². The lowest BCUT2D eigenvalue weighted by molar-refractivity contribution is 0.254. The molecule has 3 unspecified atom stereocenters. The lowest BCUT2D eigenvalue weighted by atomic mass is 9.96. The zero-order valence-corrected chi connectivity index (χ0v) is 11.8. The first kappa shape index (κ1) is 12.0. The van der Waals surface area contributed by atoms with Crippen molar-refractivity contribution < 1.29 is 4.74 Å². The summed E-state index contributed by atoms with van der Waals surface area (Å²) in [6.45, 7) is 6.64. The van der Waals surface area contributed by atoms with E-state index in [1.54, 1.807) is 0 Å². The van der Waals surface area contributed by atoms with Crippen LogP contribution in [0.2, 0.25) is 0 Å². The highest BCUT2D eigenvalue weighted by molar-refractivity contribution is 9.09. The van der Waals surface area contributed by atoms with Gasteiger partial charge in [0.05, 0.1) is 0 Å². The molecule has 0 amide bonds. The number of hydrogen-bond acceptors (Lipinski definition) is 1. The summed E-state index contributed by atoms with van der Waals surface area (Å²) >= 11 is 3.79. The average Bonchev–Trinajstić information content (AvgIpc) is 2.65. The van der Waals surface area contributed by atoms with Gasteiger partial charge in [0.25, 0.3) is 0 Å². The normalized spacial score (nSPS) is 22.4. The number of halogens is 1. The molecule has 1 nitrogen and oxygen atoms in total. The number of benzene rings is 1. The maximum absolute atomic E-state index is 5.71. The number of hydrogen-bond donors (Lipinski definition) is 0. The Morgan fingerprint density at radius 3 is 2.94 bits per heavy atom. The minimum atomic E-state index is 0.336. The largest absolute Gasteiger partial charge is 0.490 e. The van der Waals surface area contributed by atoms with Crippen molar-refractivity contribution in [1.29, 1.82) is 0 Å². The van der Waals surface area contributed by atoms with Crippen molar-refractivity contribution in [2.75, 3.05) is 0 Å². The van der Waals surface area contributed by atoms with E-state index in [9.17, 15) is 0 Å². The second-order valence-electron chi connectivity index (χ2n) is 4.79. The maximum atomic E-state index is 5.71. The second kappa shape index (κ2) is 4.79. The molecular formula is C14H19BrO. The third-order valence-electron chi connectivity index (χ3n) is 3.38. The summed E-state index contributed by atoms with van der Waals surface area (Å²) in [6, 6.07) is 6.59. The molecule has 88 valence electrons. The van der Waals surface area contributed by atoms with Crippen LogP contribution in [0.25, 0.3) is 0 Å². The lowest BCUT2D eigenvalue weighted by Crippen LogP contribution is -2.05. The Hall–Kier alpha value is -0.500. The minimum Gasteiger partial charge on any atom is -0.490 e. The Morgan fingerprint density at radius 1 is 1.50 bits per heavy atom. The van der Waals surface area contributed by atoms with Gasteiger partial charge in [0.15, 0.2) is 0 Å². The molecule has 2 heteroatoms. The lowest BCUT2D eigenvalue weighted by Gasteiger charge is -2.17. The van der Waals surface area contributed by atoms with Gasteiger partial charge in [-0.1, -0.05) is 48.3 Å². The highest BCUT2D eigenvalue weighted by Crippen LogP contribution is 2.37. The van der Waals surface area contributed by atoms with Gasteiger partial charge in [-0.2, -0.15) is 0 Å². The van der Waals surface area contributed by atoms with E-state index in [2.05, 4.69) is 54.9 Å². The predicted molar refractivity (Wildman–Crippen MR) is 71.4 cm³/mol. The molecule has 0 saturated carbocycles. The highest BCUT2D eigenvalue weighted by atomic mass is 79.9. The fourth-order valence-corrected chi connectivity index (χ4v) is 2.81. The number of rotatable bonds is 3. The van der Waals surface area contributed by atoms with Crippen molar-refractivity contribution in [3.8, 4) is 5.75 Å². The fraction of sp³-hybridized carbons (Fsp3) is 0.571. The summed E-state index contributed by atoms with van der Waals surface area (Å²) in [7, 11) is 0. The molecule has 0 saturated heterocycles. The number of fused-ring (bicyclic) bond motifs is 1. The molecule has 0 fully saturated rings. The van der Waals surface area contributed by atoms with E-state index in [1.807, 2.05) is 0 Å². The summed E-state index contributed by atoms with van der Waals surface area (Å²) in [4.78, 5) is 0.457. The van der Waals surface area contributed by atoms with Crippen LogP contribution in [0.4, 0.5) is 0 Å². The molecule has 0 bridgehead atoms. The highest BCUT2D eigenvalue weighted by Gasteiger charge is 2.21. The maximum Gasteiger partial charge on any atom is 0.123 e. The van der Waals surface area contributed by atoms with Crippen LogP contribution in [0.5, 0.6) is 5.75 Å². The molecular weight excluding hydrogens is 264 g/mol. The average molecular weight is 283 g/mol. The van der Waals surface area contributed by atoms with Crippen molar-refractivity contribution in [3.63, 3.8) is 0 Å². The third kappa shape index (κ3) is 2.27. The van der Waals surface area contributed by atoms with E-state index in [0.29, 0.717) is 16.8 Å². The van der Waals surface area contributed by atoms with Crippen LogP contribution in [0.1, 0.15) is 43.1 Å². The number of ether oxygens (including phenoxy) is 1. The van der Waals surface area contributed by atoms with E-state index in [0.717, 1.165) is 12.2 Å². The van der Waals surface area contributed by atoms with E-state index >= 15 is 0 Å². The molecule has 0 N–H and O–H groups in total. The fourth-order valence-electron chi connectivity index (χ4n) is 2.15. The van der Waals surface area contributed by atoms with Gasteiger partial charge in [-0.05, 0) is 30.0 Å². The molecule has 0 radical (unpaired) electrons. The van der Waals surface area contributed by atoms with Crippen LogP contribution in [-0.2, 0) is 6.42 Å². The molecule has 1 aliphatic heterocycles. The van der Waals surface area contributed by atoms with Crippen LogP contribution >= 0.6 is 15.9 Å². The summed E-state index contributed by atoms with van der Waals surface area (Å²) in [5, 5.41) is 0. The Labute approximate surface area is 106 Å². The molecule has 0 spiro atoms. The van der Waals surface area contributed by atoms with Gasteiger partial charge in [0.2, 0.25) is 0 Å². The summed E-state index contributed by atoms with van der Waals surface area (Å²) in [5.41, 5.74) is 2.74. The quantitative estimate of drug-likeness (QED) is 0.742. The van der Waals surface area contributed by atoms with Crippen molar-refractivity contribution in [1.82, 2.24) is 0 Å². The SMILES string of the molecule is CCC(C)C(Br)c1ccc2c(c1)CC(C)O2. The topological polar surface area (TPSA) is 9.23 Å². The molecule has 16 heavy (non-hydrogen) atoms. The molecule has 0 aromatic heterocycles. The molecule has 0 aliphatic carbocycles. The molecule has 1 heterocycles. The molecule has 1 aromatic carbocycles. The van der Waals surface area contributed by atoms with Gasteiger partial charge in [-0.25, -0.2) is 0 Å². The first-order valence-electron chi connectivity index (χ1n) is 6.05. The Kier molecular flexibility index (Phi) is 3.58. The van der Waals surface area contributed by atoms with Gasteiger partial charge in [-0.15, -0.1) is 0 Å². The van der Waals surface area contributed by atoms with Crippen molar-refractivity contribution in [2.45, 2.75) is 44.5 Å². The minimum absolute atomic E-state index is 0.336. The second-order valence-corrected chi connectivity index (χ2v) is 5.77. The van der Waals surface area contributed by atoms with Crippen LogP contribution in [0.3, 0.4) is 0 Å². The molecule has 1 aliphatic rings.